The number of primary amides is 1. The van der Waals surface area contributed by atoms with Gasteiger partial charge in [0.2, 0.25) is 0 Å². The van der Waals surface area contributed by atoms with Crippen LogP contribution in [-0.4, -0.2) is 36.7 Å². The highest BCUT2D eigenvalue weighted by Gasteiger charge is 2.18. The van der Waals surface area contributed by atoms with Crippen molar-refractivity contribution in [1.82, 2.24) is 15.6 Å². The summed E-state index contributed by atoms with van der Waals surface area (Å²) in [4.78, 5) is 28.5. The van der Waals surface area contributed by atoms with Crippen LogP contribution in [-0.2, 0) is 6.54 Å². The minimum Gasteiger partial charge on any atom is -0.490 e. The van der Waals surface area contributed by atoms with Crippen molar-refractivity contribution in [2.75, 3.05) is 25.1 Å². The number of anilines is 2. The molecular formula is C25H31N5O4. The molecule has 0 aliphatic heterocycles. The van der Waals surface area contributed by atoms with Gasteiger partial charge in [-0.3, -0.25) is 9.78 Å². The minimum absolute atomic E-state index is 0.232. The van der Waals surface area contributed by atoms with Crippen molar-refractivity contribution in [3.05, 3.63) is 53.2 Å². The zero-order valence-electron chi connectivity index (χ0n) is 20.0. The number of rotatable bonds is 10. The molecule has 3 aromatic rings. The molecule has 180 valence electrons. The number of nitrogens with one attached hydrogen (secondary N) is 3. The first-order chi connectivity index (χ1) is 16.4. The third-order valence-electron chi connectivity index (χ3n) is 5.28. The van der Waals surface area contributed by atoms with Gasteiger partial charge in [0.25, 0.3) is 5.91 Å². The van der Waals surface area contributed by atoms with Crippen molar-refractivity contribution in [3.63, 3.8) is 0 Å². The second kappa shape index (κ2) is 11.2. The number of aromatic nitrogens is 1. The topological polar surface area (TPSA) is 128 Å². The molecule has 0 atom stereocenters. The van der Waals surface area contributed by atoms with Gasteiger partial charge in [0, 0.05) is 36.4 Å². The molecule has 0 radical (unpaired) electrons. The first kappa shape index (κ1) is 24.6. The Morgan fingerprint density at radius 3 is 2.38 bits per heavy atom. The number of pyridine rings is 1. The number of ether oxygens (including phenoxy) is 2. The summed E-state index contributed by atoms with van der Waals surface area (Å²) in [6.45, 7) is 9.44. The number of carbonyl (C=O) groups excluding carboxylic acids is 2. The van der Waals surface area contributed by atoms with Gasteiger partial charge in [-0.25, -0.2) is 4.79 Å². The molecule has 3 amide bonds. The first-order valence-electron chi connectivity index (χ1n) is 11.3. The van der Waals surface area contributed by atoms with Crippen LogP contribution in [0.3, 0.4) is 0 Å². The Kier molecular flexibility index (Phi) is 8.13. The first-order valence-corrected chi connectivity index (χ1v) is 11.3. The molecule has 3 rings (SSSR count). The number of urea groups is 1. The minimum atomic E-state index is -0.601. The van der Waals surface area contributed by atoms with E-state index < -0.39 is 5.91 Å². The highest BCUT2D eigenvalue weighted by Crippen LogP contribution is 2.38. The molecule has 0 aliphatic rings. The molecule has 1 aromatic heterocycles. The molecule has 9 heteroatoms. The molecule has 0 saturated heterocycles. The van der Waals surface area contributed by atoms with Crippen molar-refractivity contribution in [2.45, 2.75) is 34.2 Å². The average Bonchev–Trinajstić information content (AvgIpc) is 2.80. The van der Waals surface area contributed by atoms with E-state index in [1.54, 1.807) is 12.1 Å². The Hall–Kier alpha value is -4.01. The second-order valence-corrected chi connectivity index (χ2v) is 7.52. The van der Waals surface area contributed by atoms with Gasteiger partial charge in [-0.05, 0) is 51.0 Å². The summed E-state index contributed by atoms with van der Waals surface area (Å²) in [7, 11) is 0. The summed E-state index contributed by atoms with van der Waals surface area (Å²) < 4.78 is 11.5. The van der Waals surface area contributed by atoms with E-state index >= 15 is 0 Å². The predicted molar refractivity (Wildman–Crippen MR) is 133 cm³/mol. The Morgan fingerprint density at radius 2 is 1.74 bits per heavy atom. The van der Waals surface area contributed by atoms with Gasteiger partial charge in [0.05, 0.1) is 30.0 Å². The maximum Gasteiger partial charge on any atom is 0.315 e. The SMILES string of the molecule is CCNC(=O)NCc1cccc(Nc2c(C(N)=O)cnc3cc(OCC)c(OCC)cc23)c1C. The highest BCUT2D eigenvalue weighted by molar-refractivity contribution is 6.08. The lowest BCUT2D eigenvalue weighted by molar-refractivity contribution is 0.100. The van der Waals surface area contributed by atoms with Crippen LogP contribution in [0.4, 0.5) is 16.2 Å². The van der Waals surface area contributed by atoms with E-state index in [0.29, 0.717) is 54.4 Å². The number of amides is 3. The number of nitrogens with zero attached hydrogens (tertiary/aromatic N) is 1. The van der Waals surface area contributed by atoms with Crippen LogP contribution in [0.25, 0.3) is 10.9 Å². The Morgan fingerprint density at radius 1 is 1.03 bits per heavy atom. The molecule has 0 unspecified atom stereocenters. The van der Waals surface area contributed by atoms with E-state index in [0.717, 1.165) is 16.8 Å². The van der Waals surface area contributed by atoms with Crippen LogP contribution in [0.5, 0.6) is 11.5 Å². The Labute approximate surface area is 199 Å². The fourth-order valence-corrected chi connectivity index (χ4v) is 3.60. The van der Waals surface area contributed by atoms with Crippen LogP contribution in [0.2, 0.25) is 0 Å². The smallest absolute Gasteiger partial charge is 0.315 e. The van der Waals surface area contributed by atoms with Crippen LogP contribution >= 0.6 is 0 Å². The number of fused-ring (bicyclic) bond motifs is 1. The predicted octanol–water partition coefficient (Wildman–Crippen LogP) is 4.00. The zero-order valence-corrected chi connectivity index (χ0v) is 20.0. The van der Waals surface area contributed by atoms with Gasteiger partial charge in [0.15, 0.2) is 11.5 Å². The van der Waals surface area contributed by atoms with Gasteiger partial charge in [-0.15, -0.1) is 0 Å². The van der Waals surface area contributed by atoms with Crippen molar-refractivity contribution < 1.29 is 19.1 Å². The number of hydrogen-bond donors (Lipinski definition) is 4. The molecule has 0 spiro atoms. The Balaban J connectivity index is 2.07. The molecule has 2 aromatic carbocycles. The van der Waals surface area contributed by atoms with Gasteiger partial charge >= 0.3 is 6.03 Å². The quantitative estimate of drug-likeness (QED) is 0.358. The zero-order chi connectivity index (χ0) is 24.7. The fraction of sp³-hybridized carbons (Fsp3) is 0.320. The fourth-order valence-electron chi connectivity index (χ4n) is 3.60. The standard InChI is InChI=1S/C25H31N5O4/c1-5-27-25(32)29-13-16-9-8-10-19(15(16)4)30-23-17-11-21(33-6-2)22(34-7-3)12-20(17)28-14-18(23)24(26)31/h8-12,14H,5-7,13H2,1-4H3,(H2,26,31)(H,28,30)(H2,27,29,32). The normalized spacial score (nSPS) is 10.6. The lowest BCUT2D eigenvalue weighted by Crippen LogP contribution is -2.34. The molecule has 9 nitrogen and oxygen atoms in total. The maximum absolute atomic E-state index is 12.3. The molecule has 34 heavy (non-hydrogen) atoms. The summed E-state index contributed by atoms with van der Waals surface area (Å²) in [5, 5.41) is 9.60. The van der Waals surface area contributed by atoms with Crippen molar-refractivity contribution in [1.29, 1.82) is 0 Å². The molecule has 0 fully saturated rings. The van der Waals surface area contributed by atoms with Gasteiger partial charge < -0.3 is 31.2 Å². The van der Waals surface area contributed by atoms with Gasteiger partial charge in [-0.2, -0.15) is 0 Å². The summed E-state index contributed by atoms with van der Waals surface area (Å²) in [6.07, 6.45) is 1.46. The maximum atomic E-state index is 12.3. The summed E-state index contributed by atoms with van der Waals surface area (Å²) in [5.41, 5.74) is 9.73. The third kappa shape index (κ3) is 5.48. The van der Waals surface area contributed by atoms with E-state index in [-0.39, 0.29) is 11.6 Å². The van der Waals surface area contributed by atoms with Crippen molar-refractivity contribution >= 4 is 34.2 Å². The van der Waals surface area contributed by atoms with E-state index in [4.69, 9.17) is 15.2 Å². The molecule has 0 aliphatic carbocycles. The summed E-state index contributed by atoms with van der Waals surface area (Å²) in [5.74, 6) is 0.534. The van der Waals surface area contributed by atoms with Gasteiger partial charge in [0.1, 0.15) is 0 Å². The van der Waals surface area contributed by atoms with Crippen LogP contribution in [0.1, 0.15) is 42.3 Å². The summed E-state index contributed by atoms with van der Waals surface area (Å²) in [6, 6.07) is 9.09. The molecular weight excluding hydrogens is 434 g/mol. The summed E-state index contributed by atoms with van der Waals surface area (Å²) >= 11 is 0. The van der Waals surface area contributed by atoms with Crippen molar-refractivity contribution in [3.8, 4) is 11.5 Å². The molecule has 5 N–H and O–H groups in total. The average molecular weight is 466 g/mol. The van der Waals surface area contributed by atoms with E-state index in [1.165, 1.54) is 6.20 Å². The lowest BCUT2D eigenvalue weighted by atomic mass is 10.0. The highest BCUT2D eigenvalue weighted by atomic mass is 16.5. The molecule has 0 saturated carbocycles. The third-order valence-corrected chi connectivity index (χ3v) is 5.28. The second-order valence-electron chi connectivity index (χ2n) is 7.52. The number of carbonyl (C=O) groups is 2. The number of nitrogens with two attached hydrogens (primary N) is 1. The van der Waals surface area contributed by atoms with Crippen LogP contribution < -0.4 is 31.2 Å². The lowest BCUT2D eigenvalue weighted by Gasteiger charge is -2.18. The van der Waals surface area contributed by atoms with Crippen molar-refractivity contribution in [2.24, 2.45) is 5.73 Å². The van der Waals surface area contributed by atoms with Gasteiger partial charge in [-0.1, -0.05) is 12.1 Å². The largest absolute Gasteiger partial charge is 0.490 e. The number of hydrogen-bond acceptors (Lipinski definition) is 6. The van der Waals surface area contributed by atoms with E-state index in [1.807, 2.05) is 45.9 Å². The number of benzene rings is 2. The van der Waals surface area contributed by atoms with Crippen LogP contribution in [0.15, 0.2) is 36.5 Å². The van der Waals surface area contributed by atoms with Crippen LogP contribution in [0, 0.1) is 6.92 Å². The monoisotopic (exact) mass is 465 g/mol. The molecule has 0 bridgehead atoms. The Bertz CT molecular complexity index is 1200. The molecule has 1 heterocycles. The van der Waals surface area contributed by atoms with E-state index in [2.05, 4.69) is 20.9 Å². The van der Waals surface area contributed by atoms with E-state index in [9.17, 15) is 9.59 Å².